The summed E-state index contributed by atoms with van der Waals surface area (Å²) in [6.45, 7) is 4.26. The molecule has 1 N–H and O–H groups in total. The van der Waals surface area contributed by atoms with Crippen LogP contribution in [0.2, 0.25) is 0 Å². The van der Waals surface area contributed by atoms with E-state index >= 15 is 0 Å². The molecule has 1 aromatic heterocycles. The molecule has 1 unspecified atom stereocenters. The molecule has 0 aliphatic heterocycles. The number of hydrogen-bond donors (Lipinski definition) is 1. The lowest BCUT2D eigenvalue weighted by Crippen LogP contribution is -2.20. The molecule has 0 saturated carbocycles. The Morgan fingerprint density at radius 3 is 2.72 bits per heavy atom. The first-order valence-electron chi connectivity index (χ1n) is 6.53. The predicted octanol–water partition coefficient (Wildman–Crippen LogP) is 3.10. The molecule has 6 heteroatoms. The van der Waals surface area contributed by atoms with Crippen LogP contribution in [-0.2, 0) is 7.05 Å². The molecule has 1 atom stereocenters. The zero-order valence-electron chi connectivity index (χ0n) is 11.3. The van der Waals surface area contributed by atoms with Crippen molar-refractivity contribution in [3.63, 3.8) is 0 Å². The van der Waals surface area contributed by atoms with Crippen LogP contribution < -0.4 is 5.32 Å². The Balaban J connectivity index is 2.75. The first-order valence-corrected chi connectivity index (χ1v) is 6.53. The van der Waals surface area contributed by atoms with Crippen molar-refractivity contribution in [2.45, 2.75) is 52.0 Å². The van der Waals surface area contributed by atoms with Crippen LogP contribution in [0, 0.1) is 10.1 Å². The highest BCUT2D eigenvalue weighted by Crippen LogP contribution is 2.24. The molecule has 0 radical (unpaired) electrons. The first-order chi connectivity index (χ1) is 8.58. The number of aromatic nitrogens is 2. The maximum Gasteiger partial charge on any atom is 0.330 e. The minimum Gasteiger partial charge on any atom is -0.360 e. The normalized spacial score (nSPS) is 12.4. The second-order valence-corrected chi connectivity index (χ2v) is 4.57. The second kappa shape index (κ2) is 6.98. The zero-order valence-corrected chi connectivity index (χ0v) is 11.3. The van der Waals surface area contributed by atoms with Crippen molar-refractivity contribution < 1.29 is 4.92 Å². The molecule has 102 valence electrons. The van der Waals surface area contributed by atoms with E-state index in [1.54, 1.807) is 7.05 Å². The highest BCUT2D eigenvalue weighted by Gasteiger charge is 2.20. The smallest absolute Gasteiger partial charge is 0.330 e. The van der Waals surface area contributed by atoms with E-state index in [2.05, 4.69) is 24.3 Å². The highest BCUT2D eigenvalue weighted by atomic mass is 16.6. The van der Waals surface area contributed by atoms with E-state index in [-0.39, 0.29) is 11.7 Å². The summed E-state index contributed by atoms with van der Waals surface area (Å²) in [5, 5.41) is 18.2. The highest BCUT2D eigenvalue weighted by molar-refractivity contribution is 5.55. The zero-order chi connectivity index (χ0) is 13.5. The minimum absolute atomic E-state index is 0.0510. The van der Waals surface area contributed by atoms with E-state index in [0.717, 1.165) is 32.1 Å². The summed E-state index contributed by atoms with van der Waals surface area (Å²) in [7, 11) is 1.69. The average molecular weight is 254 g/mol. The number of nitro groups is 1. The summed E-state index contributed by atoms with van der Waals surface area (Å²) >= 11 is 0. The second-order valence-electron chi connectivity index (χ2n) is 4.57. The van der Waals surface area contributed by atoms with Gasteiger partial charge in [0.05, 0.1) is 4.92 Å². The number of rotatable bonds is 8. The number of aryl methyl sites for hydroxylation is 1. The maximum absolute atomic E-state index is 10.9. The van der Waals surface area contributed by atoms with Crippen LogP contribution in [0.4, 0.5) is 11.5 Å². The minimum atomic E-state index is -0.391. The first kappa shape index (κ1) is 14.5. The standard InChI is InChI=1S/C12H22N4O2/c1-4-6-8-10(7-5-2)13-12-11(16(17)18)9-15(3)14-12/h9-10H,4-8H2,1-3H3,(H,13,14). The van der Waals surface area contributed by atoms with Crippen molar-refractivity contribution in [3.8, 4) is 0 Å². The van der Waals surface area contributed by atoms with E-state index in [4.69, 9.17) is 0 Å². The molecule has 1 heterocycles. The SMILES string of the molecule is CCCCC(CCC)Nc1nn(C)cc1[N+](=O)[O-]. The van der Waals surface area contributed by atoms with E-state index in [0.29, 0.717) is 5.82 Å². The van der Waals surface area contributed by atoms with Gasteiger partial charge >= 0.3 is 5.69 Å². The van der Waals surface area contributed by atoms with Crippen LogP contribution in [0.25, 0.3) is 0 Å². The van der Waals surface area contributed by atoms with Gasteiger partial charge in [-0.15, -0.1) is 5.10 Å². The number of hydrogen-bond acceptors (Lipinski definition) is 4. The fourth-order valence-electron chi connectivity index (χ4n) is 1.99. The van der Waals surface area contributed by atoms with E-state index in [9.17, 15) is 10.1 Å². The van der Waals surface area contributed by atoms with Crippen molar-refractivity contribution in [2.24, 2.45) is 7.05 Å². The van der Waals surface area contributed by atoms with Crippen molar-refractivity contribution in [1.29, 1.82) is 0 Å². The van der Waals surface area contributed by atoms with E-state index in [1.165, 1.54) is 10.9 Å². The molecule has 0 aliphatic rings. The van der Waals surface area contributed by atoms with Gasteiger partial charge in [-0.05, 0) is 12.8 Å². The van der Waals surface area contributed by atoms with Crippen LogP contribution in [0.5, 0.6) is 0 Å². The van der Waals surface area contributed by atoms with Gasteiger partial charge in [0.1, 0.15) is 6.20 Å². The van der Waals surface area contributed by atoms with Gasteiger partial charge in [0.15, 0.2) is 0 Å². The lowest BCUT2D eigenvalue weighted by atomic mass is 10.1. The fourth-order valence-corrected chi connectivity index (χ4v) is 1.99. The molecule has 6 nitrogen and oxygen atoms in total. The summed E-state index contributed by atoms with van der Waals surface area (Å²) in [4.78, 5) is 10.5. The lowest BCUT2D eigenvalue weighted by molar-refractivity contribution is -0.384. The third-order valence-corrected chi connectivity index (χ3v) is 2.89. The van der Waals surface area contributed by atoms with Crippen molar-refractivity contribution in [1.82, 2.24) is 9.78 Å². The number of nitrogens with zero attached hydrogens (tertiary/aromatic N) is 3. The summed E-state index contributed by atoms with van der Waals surface area (Å²) < 4.78 is 1.48. The Kier molecular flexibility index (Phi) is 5.61. The molecular formula is C12H22N4O2. The average Bonchev–Trinajstić information content (AvgIpc) is 2.67. The topological polar surface area (TPSA) is 73.0 Å². The Labute approximate surface area is 108 Å². The van der Waals surface area contributed by atoms with Crippen molar-refractivity contribution in [3.05, 3.63) is 16.3 Å². The molecule has 0 fully saturated rings. The van der Waals surface area contributed by atoms with Gasteiger partial charge in [-0.25, -0.2) is 0 Å². The molecule has 0 saturated heterocycles. The summed E-state index contributed by atoms with van der Waals surface area (Å²) in [6.07, 6.45) is 6.78. The summed E-state index contributed by atoms with van der Waals surface area (Å²) in [6, 6.07) is 0.267. The van der Waals surface area contributed by atoms with Gasteiger partial charge in [0, 0.05) is 13.1 Å². The summed E-state index contributed by atoms with van der Waals surface area (Å²) in [5.74, 6) is 0.386. The molecular weight excluding hydrogens is 232 g/mol. The molecule has 0 amide bonds. The van der Waals surface area contributed by atoms with Crippen molar-refractivity contribution in [2.75, 3.05) is 5.32 Å². The molecule has 18 heavy (non-hydrogen) atoms. The largest absolute Gasteiger partial charge is 0.360 e. The van der Waals surface area contributed by atoms with Crippen molar-refractivity contribution >= 4 is 11.5 Å². The maximum atomic E-state index is 10.9. The predicted molar refractivity (Wildman–Crippen MR) is 71.7 cm³/mol. The molecule has 1 rings (SSSR count). The fraction of sp³-hybridized carbons (Fsp3) is 0.750. The van der Waals surface area contributed by atoms with E-state index in [1.807, 2.05) is 0 Å². The molecule has 0 spiro atoms. The van der Waals surface area contributed by atoms with Crippen LogP contribution in [0.1, 0.15) is 46.0 Å². The van der Waals surface area contributed by atoms with Gasteiger partial charge in [0.25, 0.3) is 0 Å². The van der Waals surface area contributed by atoms with Gasteiger partial charge in [-0.1, -0.05) is 33.1 Å². The Bertz CT molecular complexity index is 389. The van der Waals surface area contributed by atoms with Crippen LogP contribution in [0.3, 0.4) is 0 Å². The third kappa shape index (κ3) is 4.01. The van der Waals surface area contributed by atoms with Crippen LogP contribution >= 0.6 is 0 Å². The molecule has 0 bridgehead atoms. The molecule has 0 aliphatic carbocycles. The van der Waals surface area contributed by atoms with Crippen LogP contribution in [-0.4, -0.2) is 20.7 Å². The van der Waals surface area contributed by atoms with Crippen LogP contribution in [0.15, 0.2) is 6.20 Å². The van der Waals surface area contributed by atoms with Gasteiger partial charge in [-0.2, -0.15) is 0 Å². The molecule has 1 aromatic rings. The number of nitrogens with one attached hydrogen (secondary N) is 1. The Morgan fingerprint density at radius 2 is 2.17 bits per heavy atom. The van der Waals surface area contributed by atoms with Gasteiger partial charge in [0.2, 0.25) is 5.82 Å². The number of anilines is 1. The Hall–Kier alpha value is -1.59. The number of unbranched alkanes of at least 4 members (excludes halogenated alkanes) is 1. The van der Waals surface area contributed by atoms with E-state index < -0.39 is 4.92 Å². The Morgan fingerprint density at radius 1 is 1.44 bits per heavy atom. The van der Waals surface area contributed by atoms with Gasteiger partial charge in [-0.3, -0.25) is 14.8 Å². The lowest BCUT2D eigenvalue weighted by Gasteiger charge is -2.16. The monoisotopic (exact) mass is 254 g/mol. The van der Waals surface area contributed by atoms with Gasteiger partial charge < -0.3 is 5.32 Å². The quantitative estimate of drug-likeness (QED) is 0.571. The summed E-state index contributed by atoms with van der Waals surface area (Å²) in [5.41, 5.74) is 0.0510. The molecule has 0 aromatic carbocycles. The third-order valence-electron chi connectivity index (χ3n) is 2.89.